The Labute approximate surface area is 100.0 Å². The molecule has 2 rings (SSSR count). The summed E-state index contributed by atoms with van der Waals surface area (Å²) >= 11 is 11.8. The van der Waals surface area contributed by atoms with Crippen LogP contribution in [0.1, 0.15) is 12.8 Å². The average molecular weight is 245 g/mol. The minimum atomic E-state index is 0.667. The summed E-state index contributed by atoms with van der Waals surface area (Å²) in [6.07, 6.45) is 2.64. The van der Waals surface area contributed by atoms with Crippen molar-refractivity contribution < 1.29 is 0 Å². The van der Waals surface area contributed by atoms with Crippen LogP contribution in [-0.2, 0) is 0 Å². The van der Waals surface area contributed by atoms with E-state index in [-0.39, 0.29) is 0 Å². The van der Waals surface area contributed by atoms with Crippen molar-refractivity contribution >= 4 is 28.9 Å². The largest absolute Gasteiger partial charge is 0.384 e. The fraction of sp³-hybridized carbons (Fsp3) is 0.455. The molecule has 0 heterocycles. The highest BCUT2D eigenvalue weighted by Gasteiger charge is 2.19. The Morgan fingerprint density at radius 1 is 1.07 bits per heavy atom. The maximum Gasteiger partial charge on any atom is 0.0441 e. The maximum atomic E-state index is 5.88. The molecule has 1 fully saturated rings. The third kappa shape index (κ3) is 3.90. The predicted molar refractivity (Wildman–Crippen MR) is 66.0 cm³/mol. The normalized spacial score (nSPS) is 15.3. The minimum Gasteiger partial charge on any atom is -0.384 e. The van der Waals surface area contributed by atoms with Crippen LogP contribution in [0.2, 0.25) is 10.0 Å². The molecule has 15 heavy (non-hydrogen) atoms. The standard InChI is InChI=1S/C11H14Cl2N2/c12-8-5-9(13)7-11(6-8)15-4-3-14-10-1-2-10/h5-7,10,14-15H,1-4H2. The molecule has 1 aromatic rings. The van der Waals surface area contributed by atoms with Crippen LogP contribution in [0.25, 0.3) is 0 Å². The second kappa shape index (κ2) is 5.06. The van der Waals surface area contributed by atoms with Gasteiger partial charge in [-0.1, -0.05) is 23.2 Å². The van der Waals surface area contributed by atoms with Crippen molar-refractivity contribution in [3.05, 3.63) is 28.2 Å². The lowest BCUT2D eigenvalue weighted by Gasteiger charge is -2.07. The van der Waals surface area contributed by atoms with E-state index in [0.29, 0.717) is 10.0 Å². The first kappa shape index (κ1) is 11.1. The second-order valence-corrected chi connectivity index (χ2v) is 4.69. The highest BCUT2D eigenvalue weighted by Crippen LogP contribution is 2.22. The Morgan fingerprint density at radius 3 is 2.33 bits per heavy atom. The lowest BCUT2D eigenvalue weighted by molar-refractivity contribution is 0.701. The van der Waals surface area contributed by atoms with E-state index in [0.717, 1.165) is 24.8 Å². The quantitative estimate of drug-likeness (QED) is 0.778. The van der Waals surface area contributed by atoms with E-state index >= 15 is 0 Å². The predicted octanol–water partition coefficient (Wildman–Crippen LogP) is 3.16. The van der Waals surface area contributed by atoms with Gasteiger partial charge in [-0.25, -0.2) is 0 Å². The topological polar surface area (TPSA) is 24.1 Å². The summed E-state index contributed by atoms with van der Waals surface area (Å²) < 4.78 is 0. The Bertz CT molecular complexity index is 317. The zero-order chi connectivity index (χ0) is 10.7. The van der Waals surface area contributed by atoms with Crippen LogP contribution in [0.15, 0.2) is 18.2 Å². The van der Waals surface area contributed by atoms with E-state index in [4.69, 9.17) is 23.2 Å². The lowest BCUT2D eigenvalue weighted by atomic mass is 10.3. The number of hydrogen-bond donors (Lipinski definition) is 2. The molecule has 1 aliphatic carbocycles. The molecule has 1 saturated carbocycles. The third-order valence-electron chi connectivity index (χ3n) is 2.33. The van der Waals surface area contributed by atoms with Crippen LogP contribution >= 0.6 is 23.2 Å². The lowest BCUT2D eigenvalue weighted by Crippen LogP contribution is -2.23. The van der Waals surface area contributed by atoms with Crippen molar-refractivity contribution in [1.29, 1.82) is 0 Å². The molecule has 4 heteroatoms. The molecule has 0 unspecified atom stereocenters. The number of anilines is 1. The molecule has 0 amide bonds. The summed E-state index contributed by atoms with van der Waals surface area (Å²) in [5, 5.41) is 8.04. The van der Waals surface area contributed by atoms with E-state index < -0.39 is 0 Å². The Hall–Kier alpha value is -0.440. The van der Waals surface area contributed by atoms with Crippen LogP contribution in [0, 0.1) is 0 Å². The van der Waals surface area contributed by atoms with Gasteiger partial charge in [0.15, 0.2) is 0 Å². The molecule has 1 aliphatic rings. The summed E-state index contributed by atoms with van der Waals surface area (Å²) in [5.41, 5.74) is 0.977. The van der Waals surface area contributed by atoms with E-state index in [1.165, 1.54) is 12.8 Å². The minimum absolute atomic E-state index is 0.667. The zero-order valence-electron chi connectivity index (χ0n) is 8.39. The number of halogens is 2. The van der Waals surface area contributed by atoms with Gasteiger partial charge < -0.3 is 10.6 Å². The molecule has 0 spiro atoms. The molecule has 0 aromatic heterocycles. The van der Waals surface area contributed by atoms with Crippen LogP contribution < -0.4 is 10.6 Å². The molecule has 0 atom stereocenters. The Morgan fingerprint density at radius 2 is 1.73 bits per heavy atom. The first-order valence-electron chi connectivity index (χ1n) is 5.17. The number of nitrogens with one attached hydrogen (secondary N) is 2. The van der Waals surface area contributed by atoms with Crippen LogP contribution in [0.4, 0.5) is 5.69 Å². The third-order valence-corrected chi connectivity index (χ3v) is 2.76. The zero-order valence-corrected chi connectivity index (χ0v) is 9.91. The maximum absolute atomic E-state index is 5.88. The smallest absolute Gasteiger partial charge is 0.0441 e. The highest BCUT2D eigenvalue weighted by atomic mass is 35.5. The number of rotatable bonds is 5. The molecule has 0 aliphatic heterocycles. The first-order chi connectivity index (χ1) is 7.24. The molecule has 0 saturated heterocycles. The fourth-order valence-corrected chi connectivity index (χ4v) is 1.95. The summed E-state index contributed by atoms with van der Waals surface area (Å²) in [7, 11) is 0. The van der Waals surface area contributed by atoms with Gasteiger partial charge >= 0.3 is 0 Å². The van der Waals surface area contributed by atoms with E-state index in [2.05, 4.69) is 10.6 Å². The van der Waals surface area contributed by atoms with Gasteiger partial charge in [0.1, 0.15) is 0 Å². The molecule has 82 valence electrons. The highest BCUT2D eigenvalue weighted by molar-refractivity contribution is 6.35. The van der Waals surface area contributed by atoms with Crippen molar-refractivity contribution in [2.75, 3.05) is 18.4 Å². The van der Waals surface area contributed by atoms with E-state index in [9.17, 15) is 0 Å². The first-order valence-corrected chi connectivity index (χ1v) is 5.93. The summed E-state index contributed by atoms with van der Waals surface area (Å²) in [6.45, 7) is 1.88. The molecular weight excluding hydrogens is 231 g/mol. The molecule has 1 aromatic carbocycles. The van der Waals surface area contributed by atoms with E-state index in [1.807, 2.05) is 12.1 Å². The molecule has 0 radical (unpaired) electrons. The van der Waals surface area contributed by atoms with Gasteiger partial charge in [0.25, 0.3) is 0 Å². The average Bonchev–Trinajstić information content (AvgIpc) is 2.94. The fourth-order valence-electron chi connectivity index (χ4n) is 1.43. The molecule has 2 N–H and O–H groups in total. The SMILES string of the molecule is Clc1cc(Cl)cc(NCCNC2CC2)c1. The van der Waals surface area contributed by atoms with Gasteiger partial charge in [0.05, 0.1) is 0 Å². The van der Waals surface area contributed by atoms with Crippen LogP contribution in [0.3, 0.4) is 0 Å². The van der Waals surface area contributed by atoms with Crippen LogP contribution in [0.5, 0.6) is 0 Å². The summed E-state index contributed by atoms with van der Waals surface area (Å²) in [5.74, 6) is 0. The van der Waals surface area contributed by atoms with Gasteiger partial charge in [-0.2, -0.15) is 0 Å². The molecular formula is C11H14Cl2N2. The molecule has 0 bridgehead atoms. The van der Waals surface area contributed by atoms with Gasteiger partial charge in [0.2, 0.25) is 0 Å². The van der Waals surface area contributed by atoms with Gasteiger partial charge in [-0.3, -0.25) is 0 Å². The van der Waals surface area contributed by atoms with Gasteiger partial charge in [0, 0.05) is 34.9 Å². The van der Waals surface area contributed by atoms with Gasteiger partial charge in [-0.15, -0.1) is 0 Å². The van der Waals surface area contributed by atoms with Crippen molar-refractivity contribution in [1.82, 2.24) is 5.32 Å². The Kier molecular flexibility index (Phi) is 3.73. The van der Waals surface area contributed by atoms with Crippen molar-refractivity contribution in [2.24, 2.45) is 0 Å². The Balaban J connectivity index is 1.76. The van der Waals surface area contributed by atoms with Gasteiger partial charge in [-0.05, 0) is 31.0 Å². The van der Waals surface area contributed by atoms with Crippen molar-refractivity contribution in [3.63, 3.8) is 0 Å². The monoisotopic (exact) mass is 244 g/mol. The number of benzene rings is 1. The summed E-state index contributed by atoms with van der Waals surface area (Å²) in [6, 6.07) is 6.25. The van der Waals surface area contributed by atoms with E-state index in [1.54, 1.807) is 6.07 Å². The second-order valence-electron chi connectivity index (χ2n) is 3.81. The molecule has 2 nitrogen and oxygen atoms in total. The number of hydrogen-bond acceptors (Lipinski definition) is 2. The van der Waals surface area contributed by atoms with Crippen LogP contribution in [-0.4, -0.2) is 19.1 Å². The van der Waals surface area contributed by atoms with Crippen molar-refractivity contribution in [2.45, 2.75) is 18.9 Å². The van der Waals surface area contributed by atoms with Crippen molar-refractivity contribution in [3.8, 4) is 0 Å². The summed E-state index contributed by atoms with van der Waals surface area (Å²) in [4.78, 5) is 0.